The summed E-state index contributed by atoms with van der Waals surface area (Å²) in [6.45, 7) is 1.42. The lowest BCUT2D eigenvalue weighted by molar-refractivity contribution is 0.0430. The summed E-state index contributed by atoms with van der Waals surface area (Å²) in [6.07, 6.45) is 2.57. The van der Waals surface area contributed by atoms with E-state index < -0.39 is 41.6 Å². The zero-order chi connectivity index (χ0) is 19.8. The molecule has 0 aliphatic heterocycles. The number of unbranched alkanes of at least 4 members (excludes halogenated alkanes) is 2. The molecule has 4 nitrogen and oxygen atoms in total. The van der Waals surface area contributed by atoms with E-state index in [9.17, 15) is 22.8 Å². The van der Waals surface area contributed by atoms with Crippen LogP contribution >= 0.6 is 0 Å². The van der Waals surface area contributed by atoms with Crippen LogP contribution in [-0.4, -0.2) is 18.5 Å². The Morgan fingerprint density at radius 3 is 2.07 bits per heavy atom. The van der Waals surface area contributed by atoms with Crippen molar-refractivity contribution in [2.75, 3.05) is 6.61 Å². The van der Waals surface area contributed by atoms with E-state index in [4.69, 9.17) is 9.47 Å². The van der Waals surface area contributed by atoms with E-state index in [-0.39, 0.29) is 17.7 Å². The highest BCUT2D eigenvalue weighted by atomic mass is 19.2. The largest absolute Gasteiger partial charge is 0.462 e. The Kier molecular flexibility index (Phi) is 7.40. The minimum absolute atomic E-state index is 0.0146. The normalized spacial score (nSPS) is 10.5. The first-order valence-electron chi connectivity index (χ1n) is 8.51. The van der Waals surface area contributed by atoms with Crippen LogP contribution in [0, 0.1) is 17.5 Å². The van der Waals surface area contributed by atoms with Gasteiger partial charge in [0, 0.05) is 0 Å². The molecule has 2 rings (SSSR count). The van der Waals surface area contributed by atoms with Crippen molar-refractivity contribution < 1.29 is 32.2 Å². The van der Waals surface area contributed by atoms with Crippen LogP contribution < -0.4 is 0 Å². The van der Waals surface area contributed by atoms with E-state index in [0.717, 1.165) is 18.9 Å². The summed E-state index contributed by atoms with van der Waals surface area (Å²) >= 11 is 0. The second-order valence-corrected chi connectivity index (χ2v) is 5.79. The van der Waals surface area contributed by atoms with Crippen molar-refractivity contribution in [3.63, 3.8) is 0 Å². The van der Waals surface area contributed by atoms with Crippen LogP contribution in [-0.2, 0) is 16.1 Å². The van der Waals surface area contributed by atoms with Gasteiger partial charge >= 0.3 is 11.9 Å². The molecule has 0 unspecified atom stereocenters. The molecule has 0 aromatic heterocycles. The Morgan fingerprint density at radius 1 is 0.852 bits per heavy atom. The van der Waals surface area contributed by atoms with Crippen LogP contribution in [0.2, 0.25) is 0 Å². The fourth-order valence-corrected chi connectivity index (χ4v) is 2.35. The zero-order valence-electron chi connectivity index (χ0n) is 14.8. The second kappa shape index (κ2) is 9.75. The predicted octanol–water partition coefficient (Wildman–Crippen LogP) is 4.81. The quantitative estimate of drug-likeness (QED) is 0.375. The molecule has 0 radical (unpaired) electrons. The SMILES string of the molecule is CCCCCOC(=O)c1ccccc1C(=O)OCc1c(F)ccc(F)c1F. The number of hydrogen-bond acceptors (Lipinski definition) is 4. The summed E-state index contributed by atoms with van der Waals surface area (Å²) in [7, 11) is 0. The Balaban J connectivity index is 2.09. The van der Waals surface area contributed by atoms with Gasteiger partial charge in [0.15, 0.2) is 11.6 Å². The first-order chi connectivity index (χ1) is 13.0. The average Bonchev–Trinajstić information content (AvgIpc) is 2.68. The molecule has 0 atom stereocenters. The lowest BCUT2D eigenvalue weighted by Gasteiger charge is -2.11. The third kappa shape index (κ3) is 5.32. The third-order valence-electron chi connectivity index (χ3n) is 3.83. The molecule has 0 fully saturated rings. The van der Waals surface area contributed by atoms with Crippen LogP contribution in [0.3, 0.4) is 0 Å². The Morgan fingerprint density at radius 2 is 1.44 bits per heavy atom. The number of carbonyl (C=O) groups is 2. The van der Waals surface area contributed by atoms with Gasteiger partial charge in [-0.25, -0.2) is 22.8 Å². The van der Waals surface area contributed by atoms with E-state index >= 15 is 0 Å². The topological polar surface area (TPSA) is 52.6 Å². The maximum atomic E-state index is 13.6. The van der Waals surface area contributed by atoms with Gasteiger partial charge in [-0.15, -0.1) is 0 Å². The third-order valence-corrected chi connectivity index (χ3v) is 3.83. The van der Waals surface area contributed by atoms with Crippen LogP contribution in [0.4, 0.5) is 13.2 Å². The monoisotopic (exact) mass is 380 g/mol. The van der Waals surface area contributed by atoms with E-state index in [0.29, 0.717) is 12.5 Å². The fourth-order valence-electron chi connectivity index (χ4n) is 2.35. The number of benzene rings is 2. The lowest BCUT2D eigenvalue weighted by Crippen LogP contribution is -2.15. The van der Waals surface area contributed by atoms with Crippen molar-refractivity contribution in [3.05, 3.63) is 70.5 Å². The molecular weight excluding hydrogens is 361 g/mol. The lowest BCUT2D eigenvalue weighted by atomic mass is 10.1. The zero-order valence-corrected chi connectivity index (χ0v) is 14.8. The second-order valence-electron chi connectivity index (χ2n) is 5.79. The summed E-state index contributed by atoms with van der Waals surface area (Å²) in [5.41, 5.74) is -0.822. The molecule has 0 heterocycles. The molecule has 144 valence electrons. The van der Waals surface area contributed by atoms with Crippen molar-refractivity contribution in [1.82, 2.24) is 0 Å². The van der Waals surface area contributed by atoms with Crippen molar-refractivity contribution in [2.45, 2.75) is 32.8 Å². The first-order valence-corrected chi connectivity index (χ1v) is 8.51. The highest BCUT2D eigenvalue weighted by molar-refractivity contribution is 6.03. The minimum Gasteiger partial charge on any atom is -0.462 e. The van der Waals surface area contributed by atoms with Gasteiger partial charge in [0.1, 0.15) is 12.4 Å². The Labute approximate surface area is 154 Å². The van der Waals surface area contributed by atoms with Gasteiger partial charge in [-0.3, -0.25) is 0 Å². The van der Waals surface area contributed by atoms with Crippen LogP contribution in [0.15, 0.2) is 36.4 Å². The molecule has 7 heteroatoms. The van der Waals surface area contributed by atoms with Gasteiger partial charge in [0.05, 0.1) is 23.3 Å². The number of ether oxygens (including phenoxy) is 2. The summed E-state index contributed by atoms with van der Waals surface area (Å²) in [5, 5.41) is 0. The Hall–Kier alpha value is -2.83. The van der Waals surface area contributed by atoms with Gasteiger partial charge in [-0.1, -0.05) is 31.9 Å². The highest BCUT2D eigenvalue weighted by Crippen LogP contribution is 2.18. The van der Waals surface area contributed by atoms with E-state index in [1.54, 1.807) is 6.07 Å². The maximum Gasteiger partial charge on any atom is 0.339 e. The van der Waals surface area contributed by atoms with Crippen molar-refractivity contribution in [2.24, 2.45) is 0 Å². The smallest absolute Gasteiger partial charge is 0.339 e. The molecule has 0 spiro atoms. The fraction of sp³-hybridized carbons (Fsp3) is 0.300. The Bertz CT molecular complexity index is 821. The van der Waals surface area contributed by atoms with Crippen molar-refractivity contribution >= 4 is 11.9 Å². The standard InChI is InChI=1S/C20H19F3O4/c1-2-3-6-11-26-19(24)13-7-4-5-8-14(13)20(25)27-12-15-16(21)9-10-17(22)18(15)23/h4-5,7-10H,2-3,6,11-12H2,1H3. The molecule has 2 aromatic rings. The van der Waals surface area contributed by atoms with E-state index in [1.807, 2.05) is 6.92 Å². The van der Waals surface area contributed by atoms with Gasteiger partial charge in [0.2, 0.25) is 0 Å². The van der Waals surface area contributed by atoms with Crippen molar-refractivity contribution in [1.29, 1.82) is 0 Å². The maximum absolute atomic E-state index is 13.6. The predicted molar refractivity (Wildman–Crippen MR) is 91.7 cm³/mol. The molecule has 0 saturated carbocycles. The molecule has 2 aromatic carbocycles. The number of rotatable bonds is 8. The molecule has 0 aliphatic rings. The number of carbonyl (C=O) groups excluding carboxylic acids is 2. The summed E-state index contributed by atoms with van der Waals surface area (Å²) in [4.78, 5) is 24.4. The molecular formula is C20H19F3O4. The molecule has 0 amide bonds. The van der Waals surface area contributed by atoms with Crippen LogP contribution in [0.1, 0.15) is 52.5 Å². The van der Waals surface area contributed by atoms with Gasteiger partial charge < -0.3 is 9.47 Å². The minimum atomic E-state index is -1.42. The van der Waals surface area contributed by atoms with Crippen molar-refractivity contribution in [3.8, 4) is 0 Å². The van der Waals surface area contributed by atoms with E-state index in [2.05, 4.69) is 0 Å². The molecule has 0 saturated heterocycles. The molecule has 0 N–H and O–H groups in total. The summed E-state index contributed by atoms with van der Waals surface area (Å²) in [5.74, 6) is -5.38. The van der Waals surface area contributed by atoms with Crippen LogP contribution in [0.25, 0.3) is 0 Å². The first kappa shape index (κ1) is 20.5. The molecule has 27 heavy (non-hydrogen) atoms. The number of hydrogen-bond donors (Lipinski definition) is 0. The van der Waals surface area contributed by atoms with Gasteiger partial charge in [-0.05, 0) is 30.7 Å². The molecule has 0 bridgehead atoms. The summed E-state index contributed by atoms with van der Waals surface area (Å²) in [6, 6.07) is 7.16. The average molecular weight is 380 g/mol. The molecule has 0 aliphatic carbocycles. The number of esters is 2. The van der Waals surface area contributed by atoms with Gasteiger partial charge in [-0.2, -0.15) is 0 Å². The summed E-state index contributed by atoms with van der Waals surface area (Å²) < 4.78 is 50.5. The van der Waals surface area contributed by atoms with E-state index in [1.165, 1.54) is 18.2 Å². The van der Waals surface area contributed by atoms with Crippen LogP contribution in [0.5, 0.6) is 0 Å². The van der Waals surface area contributed by atoms with Gasteiger partial charge in [0.25, 0.3) is 0 Å². The highest BCUT2D eigenvalue weighted by Gasteiger charge is 2.21. The number of halogens is 3.